The van der Waals surface area contributed by atoms with Crippen molar-refractivity contribution in [3.8, 4) is 5.75 Å². The first-order valence-corrected chi connectivity index (χ1v) is 11.8. The number of rotatable bonds is 5. The first-order valence-electron chi connectivity index (χ1n) is 10.4. The Bertz CT molecular complexity index is 1350. The highest BCUT2D eigenvalue weighted by Crippen LogP contribution is 2.32. The van der Waals surface area contributed by atoms with Crippen LogP contribution in [0.5, 0.6) is 5.75 Å². The van der Waals surface area contributed by atoms with Crippen LogP contribution in [0.15, 0.2) is 71.4 Å². The molecule has 34 heavy (non-hydrogen) atoms. The predicted molar refractivity (Wildman–Crippen MR) is 140 cm³/mol. The van der Waals surface area contributed by atoms with E-state index in [1.54, 1.807) is 42.5 Å². The van der Waals surface area contributed by atoms with Crippen molar-refractivity contribution in [3.63, 3.8) is 0 Å². The number of imide groups is 1. The van der Waals surface area contributed by atoms with E-state index < -0.39 is 17.8 Å². The molecule has 0 aliphatic carbocycles. The lowest BCUT2D eigenvalue weighted by Crippen LogP contribution is -2.32. The topological polar surface area (TPSA) is 75.7 Å². The smallest absolute Gasteiger partial charge is 0.343 e. The molecule has 2 amide bonds. The van der Waals surface area contributed by atoms with Gasteiger partial charge in [-0.25, -0.2) is 9.69 Å². The highest BCUT2D eigenvalue weighted by atomic mass is 127. The SMILES string of the molecule is Cc1cc(C)cc(OC(=O)c2ccc(NC3=C(Cl)C(=O)N(c4ccc(I)cc4C)C3=O)cc2)c1. The van der Waals surface area contributed by atoms with Crippen molar-refractivity contribution in [2.75, 3.05) is 10.2 Å². The Labute approximate surface area is 215 Å². The van der Waals surface area contributed by atoms with Crippen LogP contribution in [0.4, 0.5) is 11.4 Å². The number of carbonyl (C=O) groups excluding carboxylic acids is 3. The third-order valence-electron chi connectivity index (χ3n) is 5.22. The van der Waals surface area contributed by atoms with Gasteiger partial charge >= 0.3 is 5.97 Å². The van der Waals surface area contributed by atoms with Crippen LogP contribution >= 0.6 is 34.2 Å². The van der Waals surface area contributed by atoms with E-state index in [0.29, 0.717) is 22.7 Å². The summed E-state index contributed by atoms with van der Waals surface area (Å²) in [6.45, 7) is 5.69. The number of aryl methyl sites for hydroxylation is 3. The predicted octanol–water partition coefficient (Wildman–Crippen LogP) is 5.87. The molecule has 0 saturated heterocycles. The minimum absolute atomic E-state index is 0.0184. The fraction of sp³-hybridized carbons (Fsp3) is 0.115. The minimum atomic E-state index is -0.591. The molecule has 4 rings (SSSR count). The van der Waals surface area contributed by atoms with Crippen molar-refractivity contribution in [1.29, 1.82) is 0 Å². The number of benzene rings is 3. The number of anilines is 2. The number of carbonyl (C=O) groups is 3. The van der Waals surface area contributed by atoms with Gasteiger partial charge in [-0.3, -0.25) is 9.59 Å². The molecular formula is C26H20ClIN2O4. The van der Waals surface area contributed by atoms with E-state index in [2.05, 4.69) is 27.9 Å². The molecule has 0 radical (unpaired) electrons. The van der Waals surface area contributed by atoms with Crippen LogP contribution in [0.25, 0.3) is 0 Å². The molecule has 0 atom stereocenters. The van der Waals surface area contributed by atoms with E-state index in [1.165, 1.54) is 0 Å². The molecule has 8 heteroatoms. The highest BCUT2D eigenvalue weighted by Gasteiger charge is 2.39. The second-order valence-corrected chi connectivity index (χ2v) is 9.60. The second-order valence-electron chi connectivity index (χ2n) is 7.98. The lowest BCUT2D eigenvalue weighted by atomic mass is 10.1. The average Bonchev–Trinajstić information content (AvgIpc) is 2.97. The van der Waals surface area contributed by atoms with E-state index in [9.17, 15) is 14.4 Å². The molecule has 0 fully saturated rings. The summed E-state index contributed by atoms with van der Waals surface area (Å²) in [7, 11) is 0. The van der Waals surface area contributed by atoms with Gasteiger partial charge in [0.05, 0.1) is 11.3 Å². The van der Waals surface area contributed by atoms with E-state index >= 15 is 0 Å². The van der Waals surface area contributed by atoms with Crippen LogP contribution in [-0.4, -0.2) is 17.8 Å². The zero-order valence-electron chi connectivity index (χ0n) is 18.6. The monoisotopic (exact) mass is 586 g/mol. The summed E-state index contributed by atoms with van der Waals surface area (Å²) in [6.07, 6.45) is 0. The number of nitrogens with one attached hydrogen (secondary N) is 1. The van der Waals surface area contributed by atoms with Gasteiger partial charge in [0.15, 0.2) is 0 Å². The zero-order chi connectivity index (χ0) is 24.6. The van der Waals surface area contributed by atoms with Crippen molar-refractivity contribution in [1.82, 2.24) is 0 Å². The Morgan fingerprint density at radius 2 is 1.56 bits per heavy atom. The molecule has 1 aliphatic heterocycles. The van der Waals surface area contributed by atoms with Gasteiger partial charge in [0.2, 0.25) is 0 Å². The van der Waals surface area contributed by atoms with E-state index in [4.69, 9.17) is 16.3 Å². The maximum absolute atomic E-state index is 13.0. The van der Waals surface area contributed by atoms with E-state index in [0.717, 1.165) is 25.2 Å². The summed E-state index contributed by atoms with van der Waals surface area (Å²) < 4.78 is 6.46. The number of hydrogen-bond donors (Lipinski definition) is 1. The number of esters is 1. The second kappa shape index (κ2) is 9.60. The Morgan fingerprint density at radius 3 is 2.18 bits per heavy atom. The highest BCUT2D eigenvalue weighted by molar-refractivity contribution is 14.1. The molecule has 0 aromatic heterocycles. The molecular weight excluding hydrogens is 567 g/mol. The van der Waals surface area contributed by atoms with Crippen molar-refractivity contribution >= 4 is 63.4 Å². The van der Waals surface area contributed by atoms with E-state index in [-0.39, 0.29) is 10.7 Å². The molecule has 0 spiro atoms. The number of halogens is 2. The number of nitrogens with zero attached hydrogens (tertiary/aromatic N) is 1. The quantitative estimate of drug-likeness (QED) is 0.175. The average molecular weight is 587 g/mol. The van der Waals surface area contributed by atoms with Gasteiger partial charge in [-0.2, -0.15) is 0 Å². The summed E-state index contributed by atoms with van der Waals surface area (Å²) >= 11 is 8.39. The lowest BCUT2D eigenvalue weighted by molar-refractivity contribution is -0.120. The summed E-state index contributed by atoms with van der Waals surface area (Å²) in [5.74, 6) is -1.16. The van der Waals surface area contributed by atoms with Gasteiger partial charge in [0.25, 0.3) is 11.8 Å². The van der Waals surface area contributed by atoms with Gasteiger partial charge in [0.1, 0.15) is 16.5 Å². The zero-order valence-corrected chi connectivity index (χ0v) is 21.5. The fourth-order valence-electron chi connectivity index (χ4n) is 3.69. The maximum Gasteiger partial charge on any atom is 0.343 e. The van der Waals surface area contributed by atoms with Gasteiger partial charge < -0.3 is 10.1 Å². The Hall–Kier alpha value is -3.17. The van der Waals surface area contributed by atoms with E-state index in [1.807, 2.05) is 39.0 Å². The largest absolute Gasteiger partial charge is 0.423 e. The lowest BCUT2D eigenvalue weighted by Gasteiger charge is -2.17. The molecule has 0 saturated carbocycles. The van der Waals surface area contributed by atoms with Crippen LogP contribution in [0.3, 0.4) is 0 Å². The normalized spacial score (nSPS) is 13.5. The van der Waals surface area contributed by atoms with Crippen LogP contribution in [0.2, 0.25) is 0 Å². The molecule has 3 aromatic carbocycles. The van der Waals surface area contributed by atoms with Crippen molar-refractivity contribution < 1.29 is 19.1 Å². The van der Waals surface area contributed by atoms with Crippen LogP contribution in [0, 0.1) is 24.3 Å². The summed E-state index contributed by atoms with van der Waals surface area (Å²) in [5.41, 5.74) is 4.08. The molecule has 172 valence electrons. The Morgan fingerprint density at radius 1 is 0.912 bits per heavy atom. The molecule has 0 bridgehead atoms. The third-order valence-corrected chi connectivity index (χ3v) is 6.24. The van der Waals surface area contributed by atoms with Gasteiger partial charge in [-0.1, -0.05) is 17.7 Å². The molecule has 1 heterocycles. The van der Waals surface area contributed by atoms with Crippen molar-refractivity contribution in [3.05, 3.63) is 97.2 Å². The van der Waals surface area contributed by atoms with Gasteiger partial charge in [-0.05, 0) is 115 Å². The standard InChI is InChI=1S/C26H20ClIN2O4/c1-14-10-15(2)12-20(11-14)34-26(33)17-4-7-19(8-5-17)29-23-22(27)24(31)30(25(23)32)21-9-6-18(28)13-16(21)3/h4-13,29H,1-3H3. The minimum Gasteiger partial charge on any atom is -0.423 e. The summed E-state index contributed by atoms with van der Waals surface area (Å²) in [4.78, 5) is 39.3. The van der Waals surface area contributed by atoms with Crippen LogP contribution in [-0.2, 0) is 9.59 Å². The number of ether oxygens (including phenoxy) is 1. The molecule has 1 aliphatic rings. The Balaban J connectivity index is 1.50. The van der Waals surface area contributed by atoms with Crippen molar-refractivity contribution in [2.45, 2.75) is 20.8 Å². The van der Waals surface area contributed by atoms with Gasteiger partial charge in [-0.15, -0.1) is 0 Å². The third kappa shape index (κ3) is 4.85. The molecule has 0 unspecified atom stereocenters. The first kappa shape index (κ1) is 24.0. The molecule has 6 nitrogen and oxygen atoms in total. The summed E-state index contributed by atoms with van der Waals surface area (Å²) in [6, 6.07) is 17.4. The molecule has 3 aromatic rings. The van der Waals surface area contributed by atoms with Crippen LogP contribution < -0.4 is 15.0 Å². The van der Waals surface area contributed by atoms with Crippen LogP contribution in [0.1, 0.15) is 27.0 Å². The van der Waals surface area contributed by atoms with Gasteiger partial charge in [0, 0.05) is 9.26 Å². The number of hydrogen-bond acceptors (Lipinski definition) is 5. The Kier molecular flexibility index (Phi) is 6.77. The van der Waals surface area contributed by atoms with Crippen molar-refractivity contribution in [2.24, 2.45) is 0 Å². The molecule has 1 N–H and O–H groups in total. The maximum atomic E-state index is 13.0. The number of amides is 2. The summed E-state index contributed by atoms with van der Waals surface area (Å²) in [5, 5.41) is 2.72. The first-order chi connectivity index (χ1) is 16.1. The fourth-order valence-corrected chi connectivity index (χ4v) is 4.55.